The van der Waals surface area contributed by atoms with Gasteiger partial charge in [0, 0.05) is 11.1 Å². The van der Waals surface area contributed by atoms with Crippen LogP contribution in [0.25, 0.3) is 0 Å². The number of ether oxygens (including phenoxy) is 2. The predicted molar refractivity (Wildman–Crippen MR) is 94.0 cm³/mol. The molecule has 2 aromatic rings. The molecular formula is C20H16N2O2. The van der Waals surface area contributed by atoms with Crippen molar-refractivity contribution >= 4 is 11.8 Å². The number of hydrogen-bond acceptors (Lipinski definition) is 4. The highest BCUT2D eigenvalue weighted by Gasteiger charge is 2.16. The molecule has 4 nitrogen and oxygen atoms in total. The standard InChI is InChI=1S/C20H16N2O2/c1-3-7-15(8-4-1)19-21-13-17(23-19)11-12-18-14-22-20(24-18)16-9-5-2-6-10-16/h1-12H,13-14H2/b17-11-,18-12-. The summed E-state index contributed by atoms with van der Waals surface area (Å²) in [7, 11) is 0. The lowest BCUT2D eigenvalue weighted by Gasteiger charge is -2.03. The highest BCUT2D eigenvalue weighted by molar-refractivity contribution is 5.96. The topological polar surface area (TPSA) is 43.2 Å². The Balaban J connectivity index is 1.40. The molecule has 0 radical (unpaired) electrons. The molecule has 0 bridgehead atoms. The van der Waals surface area contributed by atoms with E-state index < -0.39 is 0 Å². The lowest BCUT2D eigenvalue weighted by molar-refractivity contribution is 0.432. The van der Waals surface area contributed by atoms with Gasteiger partial charge in [0.2, 0.25) is 11.8 Å². The summed E-state index contributed by atoms with van der Waals surface area (Å²) in [5.74, 6) is 2.93. The molecule has 2 aliphatic rings. The smallest absolute Gasteiger partial charge is 0.222 e. The average Bonchev–Trinajstić information content (AvgIpc) is 3.31. The maximum atomic E-state index is 5.79. The molecule has 4 heteroatoms. The molecule has 4 rings (SSSR count). The average molecular weight is 316 g/mol. The Hall–Kier alpha value is -3.14. The van der Waals surface area contributed by atoms with Gasteiger partial charge in [0.25, 0.3) is 0 Å². The van der Waals surface area contributed by atoms with Crippen LogP contribution < -0.4 is 0 Å². The third kappa shape index (κ3) is 3.13. The van der Waals surface area contributed by atoms with Crippen LogP contribution in [0.15, 0.2) is 94.3 Å². The lowest BCUT2D eigenvalue weighted by Crippen LogP contribution is -2.00. The van der Waals surface area contributed by atoms with E-state index >= 15 is 0 Å². The summed E-state index contributed by atoms with van der Waals surface area (Å²) in [5.41, 5.74) is 1.97. The molecule has 0 spiro atoms. The highest BCUT2D eigenvalue weighted by Crippen LogP contribution is 2.18. The molecular weight excluding hydrogens is 300 g/mol. The van der Waals surface area contributed by atoms with Gasteiger partial charge in [-0.3, -0.25) is 0 Å². The Morgan fingerprint density at radius 3 is 1.46 bits per heavy atom. The summed E-state index contributed by atoms with van der Waals surface area (Å²) in [6, 6.07) is 19.8. The summed E-state index contributed by atoms with van der Waals surface area (Å²) in [4.78, 5) is 8.85. The molecule has 24 heavy (non-hydrogen) atoms. The van der Waals surface area contributed by atoms with Crippen molar-refractivity contribution in [2.75, 3.05) is 13.1 Å². The zero-order valence-electron chi connectivity index (χ0n) is 13.1. The summed E-state index contributed by atoms with van der Waals surface area (Å²) < 4.78 is 11.6. The van der Waals surface area contributed by atoms with Crippen LogP contribution in [0.4, 0.5) is 0 Å². The number of rotatable bonds is 3. The molecule has 118 valence electrons. The van der Waals surface area contributed by atoms with Crippen molar-refractivity contribution in [1.29, 1.82) is 0 Å². The molecule has 0 fully saturated rings. The van der Waals surface area contributed by atoms with E-state index in [1.807, 2.05) is 72.8 Å². The number of hydrogen-bond donors (Lipinski definition) is 0. The van der Waals surface area contributed by atoms with Gasteiger partial charge >= 0.3 is 0 Å². The first-order chi connectivity index (χ1) is 11.9. The molecule has 2 heterocycles. The minimum absolute atomic E-state index is 0.542. The minimum Gasteiger partial charge on any atom is -0.441 e. The van der Waals surface area contributed by atoms with Crippen LogP contribution >= 0.6 is 0 Å². The van der Waals surface area contributed by atoms with E-state index in [1.165, 1.54) is 0 Å². The normalized spacial score (nSPS) is 19.8. The van der Waals surface area contributed by atoms with Crippen molar-refractivity contribution < 1.29 is 9.47 Å². The van der Waals surface area contributed by atoms with Gasteiger partial charge in [-0.05, 0) is 36.4 Å². The molecule has 0 saturated carbocycles. The third-order valence-electron chi connectivity index (χ3n) is 3.71. The maximum Gasteiger partial charge on any atom is 0.222 e. The van der Waals surface area contributed by atoms with E-state index in [2.05, 4.69) is 9.98 Å². The molecule has 0 unspecified atom stereocenters. The van der Waals surface area contributed by atoms with Crippen LogP contribution in [0, 0.1) is 0 Å². The second kappa shape index (κ2) is 6.54. The van der Waals surface area contributed by atoms with Crippen molar-refractivity contribution in [3.8, 4) is 0 Å². The van der Waals surface area contributed by atoms with E-state index in [4.69, 9.17) is 9.47 Å². The zero-order chi connectivity index (χ0) is 16.2. The van der Waals surface area contributed by atoms with Crippen molar-refractivity contribution in [3.05, 3.63) is 95.5 Å². The highest BCUT2D eigenvalue weighted by atomic mass is 16.5. The first-order valence-electron chi connectivity index (χ1n) is 7.84. The van der Waals surface area contributed by atoms with Gasteiger partial charge in [-0.2, -0.15) is 0 Å². The fraction of sp³-hybridized carbons (Fsp3) is 0.100. The molecule has 0 atom stereocenters. The van der Waals surface area contributed by atoms with Crippen LogP contribution in [0.5, 0.6) is 0 Å². The van der Waals surface area contributed by atoms with E-state index in [9.17, 15) is 0 Å². The van der Waals surface area contributed by atoms with Crippen molar-refractivity contribution in [2.24, 2.45) is 9.98 Å². The summed E-state index contributed by atoms with van der Waals surface area (Å²) >= 11 is 0. The second-order valence-electron chi connectivity index (χ2n) is 5.44. The molecule has 2 aromatic carbocycles. The van der Waals surface area contributed by atoms with Gasteiger partial charge in [0.05, 0.1) is 0 Å². The van der Waals surface area contributed by atoms with Gasteiger partial charge in [-0.15, -0.1) is 0 Å². The van der Waals surface area contributed by atoms with Gasteiger partial charge in [-0.25, -0.2) is 9.98 Å². The van der Waals surface area contributed by atoms with Crippen LogP contribution in [0.1, 0.15) is 11.1 Å². The lowest BCUT2D eigenvalue weighted by atomic mass is 10.2. The number of benzene rings is 2. The molecule has 0 saturated heterocycles. The maximum absolute atomic E-state index is 5.79. The first-order valence-corrected chi connectivity index (χ1v) is 7.84. The summed E-state index contributed by atoms with van der Waals surface area (Å²) in [5, 5.41) is 0. The van der Waals surface area contributed by atoms with E-state index in [0.29, 0.717) is 24.9 Å². The van der Waals surface area contributed by atoms with Gasteiger partial charge in [-0.1, -0.05) is 36.4 Å². The van der Waals surface area contributed by atoms with Crippen LogP contribution in [-0.4, -0.2) is 24.9 Å². The second-order valence-corrected chi connectivity index (χ2v) is 5.44. The van der Waals surface area contributed by atoms with E-state index in [1.54, 1.807) is 0 Å². The van der Waals surface area contributed by atoms with Crippen molar-refractivity contribution in [3.63, 3.8) is 0 Å². The quantitative estimate of drug-likeness (QED) is 0.866. The molecule has 0 aliphatic carbocycles. The molecule has 0 N–H and O–H groups in total. The van der Waals surface area contributed by atoms with Gasteiger partial charge in [0.15, 0.2) is 0 Å². The van der Waals surface area contributed by atoms with E-state index in [-0.39, 0.29) is 0 Å². The van der Waals surface area contributed by atoms with Crippen LogP contribution in [-0.2, 0) is 9.47 Å². The Morgan fingerprint density at radius 1 is 0.625 bits per heavy atom. The first kappa shape index (κ1) is 14.5. The SMILES string of the molecule is C(/C=C1/CN=C(c2ccccc2)O1)=C1\CN=C(c2ccccc2)O1. The van der Waals surface area contributed by atoms with Crippen molar-refractivity contribution in [2.45, 2.75) is 0 Å². The van der Waals surface area contributed by atoms with E-state index in [0.717, 1.165) is 22.6 Å². The van der Waals surface area contributed by atoms with Gasteiger partial charge < -0.3 is 9.47 Å². The number of aliphatic imine (C=N–C) groups is 2. The largest absolute Gasteiger partial charge is 0.441 e. The van der Waals surface area contributed by atoms with Crippen molar-refractivity contribution in [1.82, 2.24) is 0 Å². The van der Waals surface area contributed by atoms with Gasteiger partial charge in [0.1, 0.15) is 24.6 Å². The Kier molecular flexibility index (Phi) is 3.94. The molecule has 0 amide bonds. The predicted octanol–water partition coefficient (Wildman–Crippen LogP) is 3.71. The van der Waals surface area contributed by atoms with Crippen LogP contribution in [0.2, 0.25) is 0 Å². The monoisotopic (exact) mass is 316 g/mol. The fourth-order valence-corrected chi connectivity index (χ4v) is 2.50. The number of nitrogens with zero attached hydrogens (tertiary/aromatic N) is 2. The van der Waals surface area contributed by atoms with Crippen LogP contribution in [0.3, 0.4) is 0 Å². The summed E-state index contributed by atoms with van der Waals surface area (Å²) in [6.45, 7) is 1.08. The Labute approximate surface area is 140 Å². The zero-order valence-corrected chi connectivity index (χ0v) is 13.1. The minimum atomic E-state index is 0.542. The third-order valence-corrected chi connectivity index (χ3v) is 3.71. The Bertz CT molecular complexity index is 776. The fourth-order valence-electron chi connectivity index (χ4n) is 2.50. The molecule has 2 aliphatic heterocycles. The molecule has 0 aromatic heterocycles. The summed E-state index contributed by atoms with van der Waals surface area (Å²) in [6.07, 6.45) is 3.80. The number of allylic oxidation sites excluding steroid dienone is 2. The Morgan fingerprint density at radius 2 is 1.04 bits per heavy atom.